The Hall–Kier alpha value is -1.80. The van der Waals surface area contributed by atoms with Gasteiger partial charge in [0.25, 0.3) is 0 Å². The number of halogens is 1. The van der Waals surface area contributed by atoms with E-state index in [1.165, 1.54) is 0 Å². The van der Waals surface area contributed by atoms with Crippen molar-refractivity contribution in [3.05, 3.63) is 42.0 Å². The van der Waals surface area contributed by atoms with Gasteiger partial charge in [-0.05, 0) is 19.4 Å². The SMILES string of the molecule is C/C(=C\C=C/C(C)Br)c1cn2cc(C#N)nc2[nH]1. The number of imidazole rings is 2. The fourth-order valence-electron chi connectivity index (χ4n) is 1.57. The van der Waals surface area contributed by atoms with Crippen molar-refractivity contribution in [2.45, 2.75) is 18.7 Å². The highest BCUT2D eigenvalue weighted by molar-refractivity contribution is 9.09. The number of hydrogen-bond acceptors (Lipinski definition) is 2. The van der Waals surface area contributed by atoms with Crippen molar-refractivity contribution >= 4 is 27.3 Å². The monoisotopic (exact) mass is 304 g/mol. The van der Waals surface area contributed by atoms with Gasteiger partial charge in [0.1, 0.15) is 6.07 Å². The lowest BCUT2D eigenvalue weighted by Gasteiger charge is -1.94. The smallest absolute Gasteiger partial charge is 0.212 e. The largest absolute Gasteiger partial charge is 0.324 e. The van der Waals surface area contributed by atoms with Gasteiger partial charge >= 0.3 is 0 Å². The predicted octanol–water partition coefficient (Wildman–Crippen LogP) is 3.28. The molecule has 0 bridgehead atoms. The highest BCUT2D eigenvalue weighted by atomic mass is 79.9. The summed E-state index contributed by atoms with van der Waals surface area (Å²) in [6.45, 7) is 4.09. The van der Waals surface area contributed by atoms with Crippen molar-refractivity contribution < 1.29 is 0 Å². The molecule has 0 saturated heterocycles. The van der Waals surface area contributed by atoms with Crippen molar-refractivity contribution in [2.24, 2.45) is 0 Å². The van der Waals surface area contributed by atoms with E-state index in [0.29, 0.717) is 16.3 Å². The molecule has 0 amide bonds. The molecule has 0 aromatic carbocycles. The molecule has 18 heavy (non-hydrogen) atoms. The average Bonchev–Trinajstić information content (AvgIpc) is 2.85. The summed E-state index contributed by atoms with van der Waals surface area (Å²) in [7, 11) is 0. The number of aromatic amines is 1. The summed E-state index contributed by atoms with van der Waals surface area (Å²) in [4.78, 5) is 7.67. The minimum atomic E-state index is 0.362. The van der Waals surface area contributed by atoms with Gasteiger partial charge in [0.05, 0.1) is 5.69 Å². The maximum Gasteiger partial charge on any atom is 0.212 e. The van der Waals surface area contributed by atoms with Gasteiger partial charge in [-0.15, -0.1) is 0 Å². The van der Waals surface area contributed by atoms with E-state index in [1.54, 1.807) is 6.20 Å². The van der Waals surface area contributed by atoms with Crippen LogP contribution in [-0.2, 0) is 0 Å². The second-order valence-electron chi connectivity index (χ2n) is 4.05. The molecule has 0 radical (unpaired) electrons. The van der Waals surface area contributed by atoms with Crippen LogP contribution in [-0.4, -0.2) is 19.2 Å². The number of aromatic nitrogens is 3. The molecule has 4 nitrogen and oxygen atoms in total. The number of nitriles is 1. The third kappa shape index (κ3) is 2.71. The lowest BCUT2D eigenvalue weighted by Crippen LogP contribution is -1.81. The number of H-pyrrole nitrogens is 1. The predicted molar refractivity (Wildman–Crippen MR) is 75.4 cm³/mol. The fraction of sp³-hybridized carbons (Fsp3) is 0.231. The summed E-state index contributed by atoms with van der Waals surface area (Å²) < 4.78 is 1.82. The first-order valence-electron chi connectivity index (χ1n) is 5.57. The van der Waals surface area contributed by atoms with Gasteiger partial charge in [-0.3, -0.25) is 4.40 Å². The third-order valence-corrected chi connectivity index (χ3v) is 2.81. The maximum absolute atomic E-state index is 8.74. The van der Waals surface area contributed by atoms with Gasteiger partial charge in [-0.1, -0.05) is 34.2 Å². The normalized spacial score (nSPS) is 14.2. The van der Waals surface area contributed by atoms with Gasteiger partial charge in [0, 0.05) is 17.2 Å². The number of rotatable bonds is 3. The van der Waals surface area contributed by atoms with E-state index in [4.69, 9.17) is 5.26 Å². The summed E-state index contributed by atoms with van der Waals surface area (Å²) in [5, 5.41) is 8.74. The highest BCUT2D eigenvalue weighted by Crippen LogP contribution is 2.14. The van der Waals surface area contributed by atoms with Crippen LogP contribution >= 0.6 is 15.9 Å². The van der Waals surface area contributed by atoms with Crippen LogP contribution in [0, 0.1) is 11.3 Å². The van der Waals surface area contributed by atoms with Crippen molar-refractivity contribution in [3.8, 4) is 6.07 Å². The highest BCUT2D eigenvalue weighted by Gasteiger charge is 2.05. The lowest BCUT2D eigenvalue weighted by molar-refractivity contribution is 1.21. The number of alkyl halides is 1. The summed E-state index contributed by atoms with van der Waals surface area (Å²) in [6.07, 6.45) is 9.75. The zero-order chi connectivity index (χ0) is 13.1. The molecule has 1 N–H and O–H groups in total. The van der Waals surface area contributed by atoms with Crippen LogP contribution in [0.5, 0.6) is 0 Å². The molecule has 5 heteroatoms. The molecule has 0 aliphatic carbocycles. The van der Waals surface area contributed by atoms with Crippen molar-refractivity contribution in [3.63, 3.8) is 0 Å². The molecule has 2 aromatic heterocycles. The summed E-state index contributed by atoms with van der Waals surface area (Å²) in [6, 6.07) is 2.01. The Balaban J connectivity index is 2.26. The van der Waals surface area contributed by atoms with E-state index in [2.05, 4.69) is 38.9 Å². The Morgan fingerprint density at radius 2 is 2.39 bits per heavy atom. The minimum absolute atomic E-state index is 0.362. The second-order valence-corrected chi connectivity index (χ2v) is 5.49. The Labute approximate surface area is 114 Å². The number of fused-ring (bicyclic) bond motifs is 1. The first-order valence-corrected chi connectivity index (χ1v) is 6.49. The van der Waals surface area contributed by atoms with E-state index < -0.39 is 0 Å². The fourth-order valence-corrected chi connectivity index (χ4v) is 1.75. The van der Waals surface area contributed by atoms with Crippen molar-refractivity contribution in [2.75, 3.05) is 0 Å². The number of allylic oxidation sites excluding steroid dienone is 4. The van der Waals surface area contributed by atoms with E-state index in [1.807, 2.05) is 35.7 Å². The van der Waals surface area contributed by atoms with E-state index in [-0.39, 0.29) is 0 Å². The van der Waals surface area contributed by atoms with Gasteiger partial charge in [-0.2, -0.15) is 5.26 Å². The van der Waals surface area contributed by atoms with Crippen LogP contribution in [0.1, 0.15) is 25.2 Å². The van der Waals surface area contributed by atoms with E-state index in [0.717, 1.165) is 11.3 Å². The van der Waals surface area contributed by atoms with Crippen molar-refractivity contribution in [1.82, 2.24) is 14.4 Å². The summed E-state index contributed by atoms with van der Waals surface area (Å²) >= 11 is 3.45. The molecule has 1 unspecified atom stereocenters. The quantitative estimate of drug-likeness (QED) is 0.699. The third-order valence-electron chi connectivity index (χ3n) is 2.51. The van der Waals surface area contributed by atoms with Crippen LogP contribution in [0.15, 0.2) is 30.6 Å². The Kier molecular flexibility index (Phi) is 3.68. The van der Waals surface area contributed by atoms with Crippen LogP contribution in [0.4, 0.5) is 0 Å². The number of nitrogens with one attached hydrogen (secondary N) is 1. The second kappa shape index (κ2) is 5.23. The molecule has 0 aliphatic heterocycles. The molecule has 0 aliphatic rings. The molecular weight excluding hydrogens is 292 g/mol. The maximum atomic E-state index is 8.74. The van der Waals surface area contributed by atoms with Gasteiger partial charge in [-0.25, -0.2) is 4.98 Å². The molecule has 0 saturated carbocycles. The molecule has 2 heterocycles. The van der Waals surface area contributed by atoms with E-state index in [9.17, 15) is 0 Å². The standard InChI is InChI=1S/C13H13BrN4/c1-9(4-3-5-10(2)14)12-8-18-7-11(6-15)16-13(18)17-12/h3-5,7-8,10H,1-2H3,(H,16,17)/b5-3-,9-4+. The average molecular weight is 305 g/mol. The molecule has 0 spiro atoms. The molecule has 92 valence electrons. The zero-order valence-corrected chi connectivity index (χ0v) is 11.8. The molecular formula is C13H13BrN4. The van der Waals surface area contributed by atoms with Crippen LogP contribution < -0.4 is 0 Å². The van der Waals surface area contributed by atoms with Crippen LogP contribution in [0.25, 0.3) is 11.4 Å². The van der Waals surface area contributed by atoms with Crippen LogP contribution in [0.3, 0.4) is 0 Å². The molecule has 1 atom stereocenters. The molecule has 2 aromatic rings. The van der Waals surface area contributed by atoms with Gasteiger partial charge < -0.3 is 4.98 Å². The topological polar surface area (TPSA) is 56.9 Å². The Morgan fingerprint density at radius 1 is 1.61 bits per heavy atom. The zero-order valence-electron chi connectivity index (χ0n) is 10.2. The summed E-state index contributed by atoms with van der Waals surface area (Å²) in [5.41, 5.74) is 2.53. The summed E-state index contributed by atoms with van der Waals surface area (Å²) in [5.74, 6) is 0.687. The van der Waals surface area contributed by atoms with Crippen LogP contribution in [0.2, 0.25) is 0 Å². The molecule has 0 fully saturated rings. The van der Waals surface area contributed by atoms with Gasteiger partial charge in [0.15, 0.2) is 5.69 Å². The number of nitrogens with zero attached hydrogens (tertiary/aromatic N) is 3. The Morgan fingerprint density at radius 3 is 3.00 bits per heavy atom. The molecule has 2 rings (SSSR count). The number of hydrogen-bond donors (Lipinski definition) is 1. The first kappa shape index (κ1) is 12.7. The van der Waals surface area contributed by atoms with Gasteiger partial charge in [0.2, 0.25) is 5.78 Å². The Bertz CT molecular complexity index is 621. The lowest BCUT2D eigenvalue weighted by atomic mass is 10.2. The minimum Gasteiger partial charge on any atom is -0.324 e. The van der Waals surface area contributed by atoms with Crippen molar-refractivity contribution in [1.29, 1.82) is 5.26 Å². The first-order chi connectivity index (χ1) is 8.60. The van der Waals surface area contributed by atoms with E-state index >= 15 is 0 Å².